The van der Waals surface area contributed by atoms with Crippen LogP contribution in [0.1, 0.15) is 32.6 Å². The van der Waals surface area contributed by atoms with Crippen molar-refractivity contribution in [3.05, 3.63) is 0 Å². The maximum Gasteiger partial charge on any atom is 0.416 e. The second-order valence-corrected chi connectivity index (χ2v) is 2.83. The van der Waals surface area contributed by atoms with Gasteiger partial charge in [-0.15, -0.1) is 0 Å². The lowest BCUT2D eigenvalue weighted by Crippen LogP contribution is -2.28. The summed E-state index contributed by atoms with van der Waals surface area (Å²) < 4.78 is 9.00. The Hall–Kier alpha value is -1.10. The van der Waals surface area contributed by atoms with E-state index in [1.807, 2.05) is 6.92 Å². The van der Waals surface area contributed by atoms with Gasteiger partial charge in [-0.3, -0.25) is 10.1 Å². The number of carbonyl (C=O) groups is 2. The molecule has 5 nitrogen and oxygen atoms in total. The third kappa shape index (κ3) is 7.54. The fourth-order valence-corrected chi connectivity index (χ4v) is 0.841. The second-order valence-electron chi connectivity index (χ2n) is 2.83. The summed E-state index contributed by atoms with van der Waals surface area (Å²) in [4.78, 5) is 21.8. The number of esters is 1. The maximum atomic E-state index is 11.0. The quantitative estimate of drug-likeness (QED) is 0.307. The molecule has 0 rings (SSSR count). The Morgan fingerprint density at radius 3 is 2.57 bits per heavy atom. The fourth-order valence-electron chi connectivity index (χ4n) is 0.841. The van der Waals surface area contributed by atoms with Gasteiger partial charge in [0.05, 0.1) is 0 Å². The van der Waals surface area contributed by atoms with E-state index in [1.165, 1.54) is 7.11 Å². The minimum atomic E-state index is -0.756. The zero-order valence-electron chi connectivity index (χ0n) is 8.67. The number of amides is 1. The molecular formula is C9H17NO4. The number of unbranched alkanes of at least 4 members (excludes halogenated alkanes) is 2. The van der Waals surface area contributed by atoms with E-state index in [1.54, 1.807) is 0 Å². The molecule has 0 saturated heterocycles. The first-order valence-electron chi connectivity index (χ1n) is 4.68. The molecule has 0 radical (unpaired) electrons. The smallest absolute Gasteiger partial charge is 0.376 e. The van der Waals surface area contributed by atoms with Crippen molar-refractivity contribution in [3.8, 4) is 0 Å². The minimum absolute atomic E-state index is 0.0427. The molecule has 82 valence electrons. The van der Waals surface area contributed by atoms with Gasteiger partial charge in [0.1, 0.15) is 6.73 Å². The Kier molecular flexibility index (Phi) is 7.83. The number of rotatable bonds is 6. The van der Waals surface area contributed by atoms with E-state index in [0.717, 1.165) is 19.3 Å². The highest BCUT2D eigenvalue weighted by Crippen LogP contribution is 2.00. The Balaban J connectivity index is 3.45. The molecule has 0 spiro atoms. The van der Waals surface area contributed by atoms with Gasteiger partial charge in [0.2, 0.25) is 0 Å². The van der Waals surface area contributed by atoms with Crippen molar-refractivity contribution in [1.29, 1.82) is 0 Å². The molecule has 0 unspecified atom stereocenters. The largest absolute Gasteiger partial charge is 0.416 e. The zero-order valence-corrected chi connectivity index (χ0v) is 8.67. The molecule has 5 heteroatoms. The summed E-state index contributed by atoms with van der Waals surface area (Å²) >= 11 is 0. The predicted octanol–water partition coefficient (Wildman–Crippen LogP) is 1.42. The summed E-state index contributed by atoms with van der Waals surface area (Å²) in [6.45, 7) is 2.08. The normalized spacial score (nSPS) is 9.57. The molecule has 0 saturated carbocycles. The molecule has 0 aliphatic carbocycles. The van der Waals surface area contributed by atoms with Crippen LogP contribution in [0.3, 0.4) is 0 Å². The first-order valence-corrected chi connectivity index (χ1v) is 4.68. The Morgan fingerprint density at radius 1 is 1.29 bits per heavy atom. The van der Waals surface area contributed by atoms with E-state index in [4.69, 9.17) is 0 Å². The van der Waals surface area contributed by atoms with Gasteiger partial charge in [0, 0.05) is 13.5 Å². The maximum absolute atomic E-state index is 11.0. The van der Waals surface area contributed by atoms with Crippen LogP contribution in [0, 0.1) is 0 Å². The Bertz CT molecular complexity index is 182. The molecule has 0 fully saturated rings. The van der Waals surface area contributed by atoms with Crippen molar-refractivity contribution in [3.63, 3.8) is 0 Å². The standard InChI is InChI=1S/C9H17NO4/c1-3-4-5-6-8(11)14-9(12)10-7-13-2/h3-7H2,1-2H3,(H,10,12). The van der Waals surface area contributed by atoms with Crippen LogP contribution in [-0.2, 0) is 14.3 Å². The minimum Gasteiger partial charge on any atom is -0.376 e. The molecule has 0 heterocycles. The highest BCUT2D eigenvalue weighted by atomic mass is 16.6. The van der Waals surface area contributed by atoms with Crippen LogP contribution >= 0.6 is 0 Å². The molecule has 0 aromatic heterocycles. The van der Waals surface area contributed by atoms with E-state index >= 15 is 0 Å². The lowest BCUT2D eigenvalue weighted by atomic mass is 10.2. The van der Waals surface area contributed by atoms with Crippen LogP contribution in [0.4, 0.5) is 4.79 Å². The Morgan fingerprint density at radius 2 is 2.00 bits per heavy atom. The van der Waals surface area contributed by atoms with Crippen molar-refractivity contribution in [2.75, 3.05) is 13.8 Å². The molecule has 0 aromatic rings. The number of methoxy groups -OCH3 is 1. The first kappa shape index (κ1) is 12.9. The number of ether oxygens (including phenoxy) is 2. The fraction of sp³-hybridized carbons (Fsp3) is 0.778. The third-order valence-electron chi connectivity index (χ3n) is 1.55. The van der Waals surface area contributed by atoms with Gasteiger partial charge in [-0.2, -0.15) is 0 Å². The van der Waals surface area contributed by atoms with Gasteiger partial charge in [0.25, 0.3) is 0 Å². The molecule has 0 atom stereocenters. The van der Waals surface area contributed by atoms with Gasteiger partial charge in [-0.25, -0.2) is 4.79 Å². The monoisotopic (exact) mass is 203 g/mol. The van der Waals surface area contributed by atoms with E-state index < -0.39 is 12.1 Å². The summed E-state index contributed by atoms with van der Waals surface area (Å²) in [5.41, 5.74) is 0. The molecule has 0 bridgehead atoms. The lowest BCUT2D eigenvalue weighted by molar-refractivity contribution is -0.137. The van der Waals surface area contributed by atoms with Crippen LogP contribution in [0.2, 0.25) is 0 Å². The summed E-state index contributed by atoms with van der Waals surface area (Å²) in [6.07, 6.45) is 2.28. The van der Waals surface area contributed by atoms with E-state index in [-0.39, 0.29) is 13.2 Å². The molecule has 0 aliphatic heterocycles. The van der Waals surface area contributed by atoms with Gasteiger partial charge in [-0.1, -0.05) is 19.8 Å². The van der Waals surface area contributed by atoms with Crippen molar-refractivity contribution in [1.82, 2.24) is 5.32 Å². The third-order valence-corrected chi connectivity index (χ3v) is 1.55. The first-order chi connectivity index (χ1) is 6.70. The van der Waals surface area contributed by atoms with E-state index in [9.17, 15) is 9.59 Å². The van der Waals surface area contributed by atoms with Gasteiger partial charge in [-0.05, 0) is 6.42 Å². The number of carbonyl (C=O) groups excluding carboxylic acids is 2. The topological polar surface area (TPSA) is 64.6 Å². The predicted molar refractivity (Wildman–Crippen MR) is 50.6 cm³/mol. The molecule has 14 heavy (non-hydrogen) atoms. The summed E-state index contributed by atoms with van der Waals surface area (Å²) in [5.74, 6) is -0.493. The zero-order chi connectivity index (χ0) is 10.8. The lowest BCUT2D eigenvalue weighted by Gasteiger charge is -2.03. The van der Waals surface area contributed by atoms with E-state index in [0.29, 0.717) is 0 Å². The number of hydrogen-bond acceptors (Lipinski definition) is 4. The molecule has 1 amide bonds. The number of hydrogen-bond donors (Lipinski definition) is 1. The van der Waals surface area contributed by atoms with E-state index in [2.05, 4.69) is 14.8 Å². The highest BCUT2D eigenvalue weighted by molar-refractivity contribution is 5.84. The molecule has 0 aliphatic rings. The second kappa shape index (κ2) is 8.50. The number of nitrogens with one attached hydrogen (secondary N) is 1. The van der Waals surface area contributed by atoms with Gasteiger partial charge >= 0.3 is 12.1 Å². The Labute approximate surface area is 83.8 Å². The van der Waals surface area contributed by atoms with Gasteiger partial charge in [0.15, 0.2) is 0 Å². The molecule has 0 aromatic carbocycles. The summed E-state index contributed by atoms with van der Waals surface area (Å²) in [7, 11) is 1.43. The van der Waals surface area contributed by atoms with Crippen molar-refractivity contribution >= 4 is 12.1 Å². The molecular weight excluding hydrogens is 186 g/mol. The van der Waals surface area contributed by atoms with Crippen LogP contribution < -0.4 is 5.32 Å². The summed E-state index contributed by atoms with van der Waals surface area (Å²) in [5, 5.41) is 2.25. The van der Waals surface area contributed by atoms with Crippen LogP contribution in [0.25, 0.3) is 0 Å². The summed E-state index contributed by atoms with van der Waals surface area (Å²) in [6, 6.07) is 0. The van der Waals surface area contributed by atoms with Crippen molar-refractivity contribution in [2.45, 2.75) is 32.6 Å². The van der Waals surface area contributed by atoms with Crippen LogP contribution in [-0.4, -0.2) is 25.9 Å². The highest BCUT2D eigenvalue weighted by Gasteiger charge is 2.08. The molecule has 1 N–H and O–H groups in total. The van der Waals surface area contributed by atoms with Gasteiger partial charge < -0.3 is 9.47 Å². The van der Waals surface area contributed by atoms with Crippen molar-refractivity contribution < 1.29 is 19.1 Å². The van der Waals surface area contributed by atoms with Crippen LogP contribution in [0.5, 0.6) is 0 Å². The van der Waals surface area contributed by atoms with Crippen molar-refractivity contribution in [2.24, 2.45) is 0 Å². The number of alkyl carbamates (subject to hydrolysis) is 1. The average molecular weight is 203 g/mol. The van der Waals surface area contributed by atoms with Crippen LogP contribution in [0.15, 0.2) is 0 Å². The SMILES string of the molecule is CCCCCC(=O)OC(=O)NCOC. The average Bonchev–Trinajstić information content (AvgIpc) is 2.15.